The first-order valence-corrected chi connectivity index (χ1v) is 11.0. The van der Waals surface area contributed by atoms with E-state index < -0.39 is 0 Å². The molecule has 0 saturated carbocycles. The first-order valence-electron chi connectivity index (χ1n) is 11.0. The lowest BCUT2D eigenvalue weighted by Crippen LogP contribution is -2.44. The van der Waals surface area contributed by atoms with E-state index in [0.717, 1.165) is 29.8 Å². The molecule has 0 aliphatic rings. The Bertz CT molecular complexity index is 1010. The number of hydrogen-bond donors (Lipinski definition) is 1. The Morgan fingerprint density at radius 3 is 2.50 bits per heavy atom. The second kappa shape index (κ2) is 11.2. The van der Waals surface area contributed by atoms with Crippen molar-refractivity contribution in [3.05, 3.63) is 78.0 Å². The number of nitrogens with one attached hydrogen (secondary N) is 1. The first-order chi connectivity index (χ1) is 15.5. The molecule has 0 saturated heterocycles. The van der Waals surface area contributed by atoms with Gasteiger partial charge in [0.15, 0.2) is 0 Å². The fraction of sp³-hybridized carbons (Fsp3) is 0.360. The zero-order valence-electron chi connectivity index (χ0n) is 19.1. The molecule has 0 fully saturated rings. The van der Waals surface area contributed by atoms with Gasteiger partial charge in [-0.1, -0.05) is 31.5 Å². The van der Waals surface area contributed by atoms with Gasteiger partial charge in [0.1, 0.15) is 12.3 Å². The monoisotopic (exact) mass is 436 g/mol. The van der Waals surface area contributed by atoms with Gasteiger partial charge in [-0.2, -0.15) is 0 Å². The molecule has 7 nitrogen and oxygen atoms in total. The van der Waals surface area contributed by atoms with Crippen molar-refractivity contribution in [3.63, 3.8) is 0 Å². The van der Waals surface area contributed by atoms with Crippen LogP contribution in [0.4, 0.5) is 10.5 Å². The Kier molecular flexibility index (Phi) is 8.14. The minimum atomic E-state index is -0.266. The van der Waals surface area contributed by atoms with E-state index >= 15 is 0 Å². The summed E-state index contributed by atoms with van der Waals surface area (Å²) in [5.74, 6) is 0.579. The lowest BCUT2D eigenvalue weighted by atomic mass is 10.2. The van der Waals surface area contributed by atoms with E-state index in [4.69, 9.17) is 4.42 Å². The quantitative estimate of drug-likeness (QED) is 0.497. The van der Waals surface area contributed by atoms with E-state index in [2.05, 4.69) is 12.2 Å². The second-order valence-corrected chi connectivity index (χ2v) is 7.96. The van der Waals surface area contributed by atoms with Crippen molar-refractivity contribution in [1.29, 1.82) is 0 Å². The zero-order valence-corrected chi connectivity index (χ0v) is 19.1. The van der Waals surface area contributed by atoms with Crippen LogP contribution in [0.2, 0.25) is 0 Å². The Hall–Kier alpha value is -3.48. The number of nitrogens with zero attached hydrogens (tertiary/aromatic N) is 3. The van der Waals surface area contributed by atoms with Crippen LogP contribution in [-0.2, 0) is 24.9 Å². The van der Waals surface area contributed by atoms with Gasteiger partial charge in [0.05, 0.1) is 19.4 Å². The number of unbranched alkanes of at least 4 members (excludes halogenated alkanes) is 1. The van der Waals surface area contributed by atoms with Crippen LogP contribution in [0.1, 0.15) is 36.8 Å². The molecule has 2 heterocycles. The molecule has 0 aliphatic carbocycles. The van der Waals surface area contributed by atoms with Crippen LogP contribution in [0, 0.1) is 6.92 Å². The molecule has 0 bridgehead atoms. The Labute approximate surface area is 189 Å². The van der Waals surface area contributed by atoms with E-state index in [0.29, 0.717) is 25.4 Å². The molecule has 2 aromatic heterocycles. The smallest absolute Gasteiger partial charge is 0.322 e. The third-order valence-corrected chi connectivity index (χ3v) is 5.47. The van der Waals surface area contributed by atoms with Gasteiger partial charge in [-0.3, -0.25) is 4.79 Å². The highest BCUT2D eigenvalue weighted by atomic mass is 16.3. The van der Waals surface area contributed by atoms with Gasteiger partial charge in [-0.25, -0.2) is 4.79 Å². The summed E-state index contributed by atoms with van der Waals surface area (Å²) < 4.78 is 7.47. The lowest BCUT2D eigenvalue weighted by molar-refractivity contribution is -0.133. The Morgan fingerprint density at radius 2 is 1.84 bits per heavy atom. The van der Waals surface area contributed by atoms with Gasteiger partial charge in [-0.05, 0) is 49.2 Å². The summed E-state index contributed by atoms with van der Waals surface area (Å²) in [5, 5.41) is 2.96. The van der Waals surface area contributed by atoms with Gasteiger partial charge < -0.3 is 24.1 Å². The number of para-hydroxylation sites is 1. The molecule has 3 amide bonds. The summed E-state index contributed by atoms with van der Waals surface area (Å²) in [7, 11) is 1.95. The number of amides is 3. The molecule has 0 radical (unpaired) electrons. The van der Waals surface area contributed by atoms with Gasteiger partial charge in [-0.15, -0.1) is 0 Å². The van der Waals surface area contributed by atoms with Crippen LogP contribution in [0.15, 0.2) is 65.4 Å². The molecule has 7 heteroatoms. The van der Waals surface area contributed by atoms with Crippen LogP contribution < -0.4 is 5.32 Å². The number of rotatable bonds is 10. The highest BCUT2D eigenvalue weighted by Gasteiger charge is 2.23. The predicted molar refractivity (Wildman–Crippen MR) is 125 cm³/mol. The maximum atomic E-state index is 13.4. The third kappa shape index (κ3) is 6.26. The summed E-state index contributed by atoms with van der Waals surface area (Å²) in [6, 6.07) is 15.0. The molecule has 0 aliphatic heterocycles. The van der Waals surface area contributed by atoms with Crippen molar-refractivity contribution < 1.29 is 14.0 Å². The van der Waals surface area contributed by atoms with Crippen LogP contribution in [-0.4, -0.2) is 39.4 Å². The van der Waals surface area contributed by atoms with E-state index in [1.807, 2.05) is 73.3 Å². The molecular weight excluding hydrogens is 404 g/mol. The molecule has 0 unspecified atom stereocenters. The molecule has 3 aromatic rings. The van der Waals surface area contributed by atoms with Crippen molar-refractivity contribution in [2.24, 2.45) is 7.05 Å². The minimum absolute atomic E-state index is 0.00282. The number of carbonyl (C=O) groups excluding carboxylic acids is 2. The fourth-order valence-corrected chi connectivity index (χ4v) is 3.45. The number of furan rings is 1. The fourth-order valence-electron chi connectivity index (χ4n) is 3.45. The van der Waals surface area contributed by atoms with E-state index in [1.165, 1.54) is 0 Å². The molecular formula is C25H32N4O3. The van der Waals surface area contributed by atoms with Gasteiger partial charge >= 0.3 is 6.03 Å². The summed E-state index contributed by atoms with van der Waals surface area (Å²) in [6.45, 7) is 5.31. The molecule has 32 heavy (non-hydrogen) atoms. The molecule has 1 N–H and O–H groups in total. The highest BCUT2D eigenvalue weighted by Crippen LogP contribution is 2.16. The van der Waals surface area contributed by atoms with Crippen LogP contribution in [0.3, 0.4) is 0 Å². The maximum absolute atomic E-state index is 13.4. The number of urea groups is 1. The highest BCUT2D eigenvalue weighted by molar-refractivity contribution is 5.93. The number of aryl methyl sites for hydroxylation is 2. The number of carbonyl (C=O) groups is 2. The number of benzene rings is 1. The SMILES string of the molecule is CCCCN(CC(=O)N(Cc1ccco1)Cc1cccn1C)C(=O)Nc1ccccc1C. The molecule has 0 atom stereocenters. The lowest BCUT2D eigenvalue weighted by Gasteiger charge is -2.28. The summed E-state index contributed by atoms with van der Waals surface area (Å²) in [4.78, 5) is 29.7. The standard InChI is InChI=1S/C25H32N4O3/c1-4-5-15-28(25(31)26-23-13-7-6-10-20(23)2)19-24(30)29(18-22-12-9-16-32-22)17-21-11-8-14-27(21)3/h6-14,16H,4-5,15,17-19H2,1-3H3,(H,26,31). The molecule has 0 spiro atoms. The van der Waals surface area contributed by atoms with E-state index in [-0.39, 0.29) is 18.5 Å². The second-order valence-electron chi connectivity index (χ2n) is 7.96. The topological polar surface area (TPSA) is 70.7 Å². The Morgan fingerprint density at radius 1 is 1.03 bits per heavy atom. The van der Waals surface area contributed by atoms with E-state index in [1.54, 1.807) is 16.1 Å². The first kappa shape index (κ1) is 23.2. The molecule has 1 aromatic carbocycles. The van der Waals surface area contributed by atoms with Gasteiger partial charge in [0.2, 0.25) is 5.91 Å². The molecule has 3 rings (SSSR count). The number of anilines is 1. The van der Waals surface area contributed by atoms with Crippen molar-refractivity contribution in [2.75, 3.05) is 18.4 Å². The average molecular weight is 437 g/mol. The zero-order chi connectivity index (χ0) is 22.9. The van der Waals surface area contributed by atoms with Gasteiger partial charge in [0.25, 0.3) is 0 Å². The van der Waals surface area contributed by atoms with Crippen LogP contribution in [0.5, 0.6) is 0 Å². The number of aromatic nitrogens is 1. The summed E-state index contributed by atoms with van der Waals surface area (Å²) >= 11 is 0. The van der Waals surface area contributed by atoms with Crippen LogP contribution in [0.25, 0.3) is 0 Å². The van der Waals surface area contributed by atoms with Crippen molar-refractivity contribution >= 4 is 17.6 Å². The minimum Gasteiger partial charge on any atom is -0.467 e. The van der Waals surface area contributed by atoms with Crippen LogP contribution >= 0.6 is 0 Å². The van der Waals surface area contributed by atoms with Gasteiger partial charge in [0, 0.05) is 31.2 Å². The normalized spacial score (nSPS) is 10.7. The van der Waals surface area contributed by atoms with Crippen molar-refractivity contribution in [3.8, 4) is 0 Å². The maximum Gasteiger partial charge on any atom is 0.322 e. The largest absolute Gasteiger partial charge is 0.467 e. The molecule has 170 valence electrons. The third-order valence-electron chi connectivity index (χ3n) is 5.47. The number of hydrogen-bond acceptors (Lipinski definition) is 3. The summed E-state index contributed by atoms with van der Waals surface area (Å²) in [5.41, 5.74) is 2.74. The van der Waals surface area contributed by atoms with Crippen molar-refractivity contribution in [1.82, 2.24) is 14.4 Å². The predicted octanol–water partition coefficient (Wildman–Crippen LogP) is 4.79. The average Bonchev–Trinajstić information content (AvgIpc) is 3.44. The van der Waals surface area contributed by atoms with Crippen molar-refractivity contribution in [2.45, 2.75) is 39.8 Å². The summed E-state index contributed by atoms with van der Waals surface area (Å²) in [6.07, 6.45) is 5.31. The van der Waals surface area contributed by atoms with E-state index in [9.17, 15) is 9.59 Å². The Balaban J connectivity index is 1.75.